The first kappa shape index (κ1) is 18.7. The van der Waals surface area contributed by atoms with Gasteiger partial charge < -0.3 is 20.3 Å². The smallest absolute Gasteiger partial charge is 0.270 e. The van der Waals surface area contributed by atoms with E-state index in [9.17, 15) is 4.79 Å². The van der Waals surface area contributed by atoms with Crippen molar-refractivity contribution in [3.63, 3.8) is 0 Å². The molecular formula is C18H25N5O2. The normalized spacial score (nSPS) is 10.6. The molecule has 0 atom stereocenters. The largest absolute Gasteiger partial charge is 0.497 e. The molecular weight excluding hydrogens is 318 g/mol. The number of hydrogen-bond donors (Lipinski definition) is 2. The van der Waals surface area contributed by atoms with Crippen molar-refractivity contribution in [2.24, 2.45) is 0 Å². The lowest BCUT2D eigenvalue weighted by atomic mass is 10.1. The summed E-state index contributed by atoms with van der Waals surface area (Å²) in [7, 11) is 5.65. The molecule has 0 unspecified atom stereocenters. The lowest BCUT2D eigenvalue weighted by Crippen LogP contribution is -2.27. The van der Waals surface area contributed by atoms with Crippen LogP contribution < -0.4 is 15.4 Å². The van der Waals surface area contributed by atoms with Gasteiger partial charge in [0.15, 0.2) is 0 Å². The van der Waals surface area contributed by atoms with E-state index < -0.39 is 0 Å². The van der Waals surface area contributed by atoms with E-state index in [1.54, 1.807) is 13.2 Å². The number of anilines is 1. The van der Waals surface area contributed by atoms with Crippen molar-refractivity contribution in [1.82, 2.24) is 20.2 Å². The molecule has 134 valence electrons. The van der Waals surface area contributed by atoms with Gasteiger partial charge in [0, 0.05) is 25.7 Å². The van der Waals surface area contributed by atoms with E-state index in [2.05, 4.69) is 25.5 Å². The van der Waals surface area contributed by atoms with E-state index in [1.807, 2.05) is 38.4 Å². The van der Waals surface area contributed by atoms with Gasteiger partial charge in [-0.1, -0.05) is 12.1 Å². The molecule has 0 saturated carbocycles. The van der Waals surface area contributed by atoms with Gasteiger partial charge in [0.1, 0.15) is 23.6 Å². The number of amides is 1. The Morgan fingerprint density at radius 1 is 1.16 bits per heavy atom. The third-order valence-corrected chi connectivity index (χ3v) is 3.62. The van der Waals surface area contributed by atoms with Crippen molar-refractivity contribution in [2.75, 3.05) is 46.2 Å². The van der Waals surface area contributed by atoms with Crippen LogP contribution in [0.3, 0.4) is 0 Å². The topological polar surface area (TPSA) is 79.4 Å². The van der Waals surface area contributed by atoms with Crippen LogP contribution in [-0.2, 0) is 6.42 Å². The van der Waals surface area contributed by atoms with Gasteiger partial charge in [0.05, 0.1) is 7.11 Å². The number of carbonyl (C=O) groups is 1. The molecule has 1 heterocycles. The standard InChI is InChI=1S/C18H25N5O2/c1-23(2)11-10-19-17-12-16(21-13-22-17)18(24)20-9-8-14-4-6-15(25-3)7-5-14/h4-7,12-13H,8-11H2,1-3H3,(H,20,24)(H,19,21,22). The average molecular weight is 343 g/mol. The number of carbonyl (C=O) groups excluding carboxylic acids is 1. The Hall–Kier alpha value is -2.67. The first-order chi connectivity index (χ1) is 12.1. The molecule has 2 rings (SSSR count). The fourth-order valence-electron chi connectivity index (χ4n) is 2.19. The summed E-state index contributed by atoms with van der Waals surface area (Å²) in [6, 6.07) is 9.46. The average Bonchev–Trinajstić information content (AvgIpc) is 2.62. The van der Waals surface area contributed by atoms with Gasteiger partial charge >= 0.3 is 0 Å². The van der Waals surface area contributed by atoms with Gasteiger partial charge in [0.2, 0.25) is 0 Å². The molecule has 7 nitrogen and oxygen atoms in total. The maximum atomic E-state index is 12.2. The molecule has 0 bridgehead atoms. The number of rotatable bonds is 9. The summed E-state index contributed by atoms with van der Waals surface area (Å²) in [5.41, 5.74) is 1.49. The van der Waals surface area contributed by atoms with Crippen LogP contribution >= 0.6 is 0 Å². The lowest BCUT2D eigenvalue weighted by Gasteiger charge is -2.11. The minimum Gasteiger partial charge on any atom is -0.497 e. The van der Waals surface area contributed by atoms with E-state index in [4.69, 9.17) is 4.74 Å². The molecule has 25 heavy (non-hydrogen) atoms. The van der Waals surface area contributed by atoms with Crippen LogP contribution in [0.25, 0.3) is 0 Å². The van der Waals surface area contributed by atoms with Crippen molar-refractivity contribution in [3.8, 4) is 5.75 Å². The van der Waals surface area contributed by atoms with E-state index in [-0.39, 0.29) is 5.91 Å². The molecule has 7 heteroatoms. The third-order valence-electron chi connectivity index (χ3n) is 3.62. The van der Waals surface area contributed by atoms with Gasteiger partial charge in [-0.3, -0.25) is 4.79 Å². The summed E-state index contributed by atoms with van der Waals surface area (Å²) in [6.07, 6.45) is 2.14. The van der Waals surface area contributed by atoms with E-state index in [0.717, 1.165) is 30.8 Å². The van der Waals surface area contributed by atoms with Crippen molar-refractivity contribution in [3.05, 3.63) is 47.9 Å². The molecule has 0 aliphatic carbocycles. The number of nitrogens with zero attached hydrogens (tertiary/aromatic N) is 3. The molecule has 0 fully saturated rings. The molecule has 0 saturated heterocycles. The van der Waals surface area contributed by atoms with Crippen LogP contribution in [0.1, 0.15) is 16.1 Å². The van der Waals surface area contributed by atoms with Gasteiger partial charge in [-0.05, 0) is 38.2 Å². The number of ether oxygens (including phenoxy) is 1. The van der Waals surface area contributed by atoms with Crippen LogP contribution in [0.4, 0.5) is 5.82 Å². The second kappa shape index (κ2) is 9.58. The zero-order valence-electron chi connectivity index (χ0n) is 15.0. The van der Waals surface area contributed by atoms with Crippen molar-refractivity contribution in [2.45, 2.75) is 6.42 Å². The Kier molecular flexibility index (Phi) is 7.16. The van der Waals surface area contributed by atoms with Crippen LogP contribution in [0.15, 0.2) is 36.7 Å². The van der Waals surface area contributed by atoms with Crippen molar-refractivity contribution < 1.29 is 9.53 Å². The van der Waals surface area contributed by atoms with Crippen LogP contribution in [0.2, 0.25) is 0 Å². The Bertz CT molecular complexity index is 673. The highest BCUT2D eigenvalue weighted by molar-refractivity contribution is 5.92. The van der Waals surface area contributed by atoms with Gasteiger partial charge in [-0.15, -0.1) is 0 Å². The molecule has 0 spiro atoms. The minimum absolute atomic E-state index is 0.202. The second-order valence-electron chi connectivity index (χ2n) is 5.87. The van der Waals surface area contributed by atoms with Crippen LogP contribution in [-0.4, -0.2) is 61.6 Å². The number of nitrogens with one attached hydrogen (secondary N) is 2. The van der Waals surface area contributed by atoms with Crippen LogP contribution in [0.5, 0.6) is 5.75 Å². The van der Waals surface area contributed by atoms with E-state index in [0.29, 0.717) is 18.1 Å². The number of likely N-dealkylation sites (N-methyl/N-ethyl adjacent to an activating group) is 1. The highest BCUT2D eigenvalue weighted by Gasteiger charge is 2.08. The Labute approximate surface area is 148 Å². The minimum atomic E-state index is -0.202. The van der Waals surface area contributed by atoms with Gasteiger partial charge in [0.25, 0.3) is 5.91 Å². The maximum Gasteiger partial charge on any atom is 0.270 e. The van der Waals surface area contributed by atoms with Crippen molar-refractivity contribution in [1.29, 1.82) is 0 Å². The number of hydrogen-bond acceptors (Lipinski definition) is 6. The fourth-order valence-corrected chi connectivity index (χ4v) is 2.19. The predicted molar refractivity (Wildman–Crippen MR) is 98.1 cm³/mol. The summed E-state index contributed by atoms with van der Waals surface area (Å²) in [6.45, 7) is 2.18. The summed E-state index contributed by atoms with van der Waals surface area (Å²) >= 11 is 0. The number of benzene rings is 1. The van der Waals surface area contributed by atoms with Gasteiger partial charge in [-0.2, -0.15) is 0 Å². The van der Waals surface area contributed by atoms with Crippen molar-refractivity contribution >= 4 is 11.7 Å². The molecule has 1 aromatic heterocycles. The quantitative estimate of drug-likeness (QED) is 0.717. The fraction of sp³-hybridized carbons (Fsp3) is 0.389. The number of methoxy groups -OCH3 is 1. The molecule has 0 radical (unpaired) electrons. The molecule has 2 aromatic rings. The Balaban J connectivity index is 1.81. The number of aromatic nitrogens is 2. The zero-order valence-corrected chi connectivity index (χ0v) is 15.0. The summed E-state index contributed by atoms with van der Waals surface area (Å²) in [5.74, 6) is 1.27. The zero-order chi connectivity index (χ0) is 18.1. The Morgan fingerprint density at radius 2 is 1.92 bits per heavy atom. The lowest BCUT2D eigenvalue weighted by molar-refractivity contribution is 0.0949. The predicted octanol–water partition coefficient (Wildman–Crippen LogP) is 1.43. The maximum absolute atomic E-state index is 12.2. The molecule has 1 amide bonds. The molecule has 2 N–H and O–H groups in total. The monoisotopic (exact) mass is 343 g/mol. The second-order valence-corrected chi connectivity index (χ2v) is 5.87. The van der Waals surface area contributed by atoms with Crippen LogP contribution in [0, 0.1) is 0 Å². The Morgan fingerprint density at radius 3 is 2.60 bits per heavy atom. The summed E-state index contributed by atoms with van der Waals surface area (Å²) in [5, 5.41) is 6.06. The molecule has 1 aromatic carbocycles. The third kappa shape index (κ3) is 6.39. The molecule has 0 aliphatic rings. The highest BCUT2D eigenvalue weighted by atomic mass is 16.5. The van der Waals surface area contributed by atoms with E-state index >= 15 is 0 Å². The summed E-state index contributed by atoms with van der Waals surface area (Å²) < 4.78 is 5.13. The van der Waals surface area contributed by atoms with E-state index in [1.165, 1.54) is 6.33 Å². The van der Waals surface area contributed by atoms with Gasteiger partial charge in [-0.25, -0.2) is 9.97 Å². The SMILES string of the molecule is COc1ccc(CCNC(=O)c2cc(NCCN(C)C)ncn2)cc1. The highest BCUT2D eigenvalue weighted by Crippen LogP contribution is 2.11. The first-order valence-electron chi connectivity index (χ1n) is 8.20. The molecule has 0 aliphatic heterocycles. The summed E-state index contributed by atoms with van der Waals surface area (Å²) in [4.78, 5) is 22.5. The first-order valence-corrected chi connectivity index (χ1v) is 8.20.